The fourth-order valence-corrected chi connectivity index (χ4v) is 4.14. The van der Waals surface area contributed by atoms with Gasteiger partial charge in [-0.15, -0.1) is 0 Å². The van der Waals surface area contributed by atoms with Crippen molar-refractivity contribution in [3.63, 3.8) is 0 Å². The Kier molecular flexibility index (Phi) is 7.40. The van der Waals surface area contributed by atoms with Gasteiger partial charge in [-0.1, -0.05) is 12.1 Å². The van der Waals surface area contributed by atoms with Gasteiger partial charge < -0.3 is 15.0 Å². The fourth-order valence-electron chi connectivity index (χ4n) is 3.17. The number of pyridine rings is 1. The molecule has 0 aliphatic rings. The fraction of sp³-hybridized carbons (Fsp3) is 0.0870. The number of aromatic nitrogens is 3. The molecule has 192 valence electrons. The van der Waals surface area contributed by atoms with Crippen molar-refractivity contribution < 1.29 is 35.6 Å². The second-order valence-corrected chi connectivity index (χ2v) is 8.59. The monoisotopic (exact) mass is 539 g/mol. The maximum Gasteiger partial charge on any atom is 0.416 e. The molecule has 2 aromatic heterocycles. The van der Waals surface area contributed by atoms with Crippen LogP contribution in [0.25, 0.3) is 11.3 Å². The summed E-state index contributed by atoms with van der Waals surface area (Å²) in [5, 5.41) is 0. The van der Waals surface area contributed by atoms with Crippen LogP contribution in [-0.4, -0.2) is 19.5 Å². The van der Waals surface area contributed by atoms with Crippen LogP contribution in [0.3, 0.4) is 0 Å². The predicted molar refractivity (Wildman–Crippen MR) is 123 cm³/mol. The minimum atomic E-state index is -4.63. The van der Waals surface area contributed by atoms with Gasteiger partial charge >= 0.3 is 6.18 Å². The average Bonchev–Trinajstić information content (AvgIpc) is 2.85. The molecule has 0 aliphatic carbocycles. The number of nitrogens with one attached hydrogen (secondary N) is 1. The smallest absolute Gasteiger partial charge is 0.416 e. The Balaban J connectivity index is 1.56. The van der Waals surface area contributed by atoms with Crippen molar-refractivity contribution in [2.24, 2.45) is 0 Å². The first-order valence-electron chi connectivity index (χ1n) is 10.2. The molecule has 4 rings (SSSR count). The summed E-state index contributed by atoms with van der Waals surface area (Å²) in [6.45, 7) is 0. The first kappa shape index (κ1) is 26.0. The van der Waals surface area contributed by atoms with Gasteiger partial charge in [0.05, 0.1) is 28.2 Å². The number of hydrogen-bond donors (Lipinski definition) is 2. The largest absolute Gasteiger partial charge is 0.593 e. The van der Waals surface area contributed by atoms with Gasteiger partial charge in [-0.3, -0.25) is 0 Å². The van der Waals surface area contributed by atoms with E-state index in [0.717, 1.165) is 18.2 Å². The number of rotatable bonds is 7. The van der Waals surface area contributed by atoms with Crippen molar-refractivity contribution in [3.05, 3.63) is 89.5 Å². The van der Waals surface area contributed by atoms with Crippen LogP contribution in [0.2, 0.25) is 0 Å². The first-order chi connectivity index (χ1) is 17.5. The Morgan fingerprint density at radius 1 is 0.973 bits per heavy atom. The molecular formula is C23H15F6N5O2S. The van der Waals surface area contributed by atoms with Crippen molar-refractivity contribution in [1.29, 1.82) is 0 Å². The highest BCUT2D eigenvalue weighted by molar-refractivity contribution is 7.91. The molecule has 7 nitrogen and oxygen atoms in total. The van der Waals surface area contributed by atoms with Crippen LogP contribution in [0.4, 0.5) is 38.0 Å². The predicted octanol–water partition coefficient (Wildman–Crippen LogP) is 5.63. The van der Waals surface area contributed by atoms with E-state index in [-0.39, 0.29) is 28.6 Å². The van der Waals surface area contributed by atoms with Crippen LogP contribution in [0, 0.1) is 17.5 Å². The Morgan fingerprint density at radius 3 is 2.49 bits per heavy atom. The van der Waals surface area contributed by atoms with Crippen molar-refractivity contribution >= 4 is 23.0 Å². The molecule has 1 atom stereocenters. The molecule has 1 unspecified atom stereocenters. The summed E-state index contributed by atoms with van der Waals surface area (Å²) in [7, 11) is 0. The van der Waals surface area contributed by atoms with E-state index in [2.05, 4.69) is 15.0 Å². The van der Waals surface area contributed by atoms with E-state index in [1.54, 1.807) is 0 Å². The number of hydrogen-bond acceptors (Lipinski definition) is 7. The minimum absolute atomic E-state index is 0.0186. The van der Waals surface area contributed by atoms with E-state index in [1.165, 1.54) is 36.7 Å². The van der Waals surface area contributed by atoms with E-state index in [1.807, 2.05) is 4.72 Å². The van der Waals surface area contributed by atoms with Crippen LogP contribution in [-0.2, 0) is 23.3 Å². The third-order valence-corrected chi connectivity index (χ3v) is 5.85. The van der Waals surface area contributed by atoms with Gasteiger partial charge in [0, 0.05) is 24.0 Å². The number of nitrogens with two attached hydrogens (primary N) is 1. The third kappa shape index (κ3) is 6.03. The van der Waals surface area contributed by atoms with Crippen molar-refractivity contribution in [3.8, 4) is 22.9 Å². The molecule has 0 fully saturated rings. The van der Waals surface area contributed by atoms with Crippen molar-refractivity contribution in [2.75, 3.05) is 10.5 Å². The van der Waals surface area contributed by atoms with Crippen LogP contribution in [0.15, 0.2) is 60.9 Å². The number of nitrogen functional groups attached to an aromatic ring is 1. The lowest BCUT2D eigenvalue weighted by Crippen LogP contribution is -2.18. The molecule has 2 heterocycles. The van der Waals surface area contributed by atoms with Crippen molar-refractivity contribution in [1.82, 2.24) is 15.0 Å². The molecule has 14 heteroatoms. The molecule has 0 radical (unpaired) electrons. The number of nitrogens with zero attached hydrogens (tertiary/aromatic N) is 3. The zero-order valence-electron chi connectivity index (χ0n) is 18.4. The van der Waals surface area contributed by atoms with Crippen LogP contribution in [0.1, 0.15) is 11.1 Å². The number of halogens is 6. The van der Waals surface area contributed by atoms with E-state index in [0.29, 0.717) is 6.07 Å². The van der Waals surface area contributed by atoms with Gasteiger partial charge in [0.15, 0.2) is 28.8 Å². The highest BCUT2D eigenvalue weighted by Crippen LogP contribution is 2.36. The van der Waals surface area contributed by atoms with E-state index in [4.69, 9.17) is 10.5 Å². The summed E-state index contributed by atoms with van der Waals surface area (Å²) in [5.74, 6) is -6.46. The van der Waals surface area contributed by atoms with Crippen LogP contribution < -0.4 is 15.2 Å². The standard InChI is InChI=1S/C23H15F6N5O2S/c24-15-10-17(36-21-14(5-2-7-31-21)16-6-8-32-22(30)33-16)18(25)19(26)20(15)34-37(35)11-12-3-1-4-13(9-12)23(27,28)29/h1-10,34H,11H2,(H2,30,32,33). The van der Waals surface area contributed by atoms with E-state index >= 15 is 0 Å². The van der Waals surface area contributed by atoms with E-state index < -0.39 is 57.7 Å². The molecule has 4 aromatic rings. The van der Waals surface area contributed by atoms with Crippen molar-refractivity contribution in [2.45, 2.75) is 11.9 Å². The van der Waals surface area contributed by atoms with Gasteiger partial charge in [-0.05, 0) is 30.3 Å². The van der Waals surface area contributed by atoms with Crippen LogP contribution in [0.5, 0.6) is 11.6 Å². The molecule has 0 bridgehead atoms. The lowest BCUT2D eigenvalue weighted by atomic mass is 10.1. The van der Waals surface area contributed by atoms with Gasteiger partial charge in [-0.2, -0.15) is 17.6 Å². The second-order valence-electron chi connectivity index (χ2n) is 7.41. The summed E-state index contributed by atoms with van der Waals surface area (Å²) < 4.78 is 102. The number of ether oxygens (including phenoxy) is 1. The minimum Gasteiger partial charge on any atom is -0.593 e. The molecular weight excluding hydrogens is 524 g/mol. The highest BCUT2D eigenvalue weighted by atomic mass is 32.2. The van der Waals surface area contributed by atoms with Gasteiger partial charge in [0.1, 0.15) is 0 Å². The quantitative estimate of drug-likeness (QED) is 0.178. The Morgan fingerprint density at radius 2 is 1.76 bits per heavy atom. The molecule has 0 saturated heterocycles. The lowest BCUT2D eigenvalue weighted by Gasteiger charge is -2.16. The highest BCUT2D eigenvalue weighted by Gasteiger charge is 2.31. The summed E-state index contributed by atoms with van der Waals surface area (Å²) in [6.07, 6.45) is -1.98. The molecule has 37 heavy (non-hydrogen) atoms. The molecule has 0 spiro atoms. The summed E-state index contributed by atoms with van der Waals surface area (Å²) in [4.78, 5) is 11.7. The maximum absolute atomic E-state index is 14.8. The number of anilines is 2. The zero-order chi connectivity index (χ0) is 26.7. The Labute approximate surface area is 208 Å². The average molecular weight is 539 g/mol. The topological polar surface area (TPSA) is 109 Å². The van der Waals surface area contributed by atoms with Gasteiger partial charge in [0.2, 0.25) is 17.6 Å². The number of benzene rings is 2. The molecule has 2 aromatic carbocycles. The molecule has 0 aliphatic heterocycles. The molecule has 3 N–H and O–H groups in total. The van der Waals surface area contributed by atoms with E-state index in [9.17, 15) is 30.9 Å². The third-order valence-electron chi connectivity index (χ3n) is 4.82. The normalized spacial score (nSPS) is 12.3. The summed E-state index contributed by atoms with van der Waals surface area (Å²) in [5.41, 5.74) is 3.96. The number of alkyl halides is 3. The van der Waals surface area contributed by atoms with Gasteiger partial charge in [-0.25, -0.2) is 28.5 Å². The zero-order valence-corrected chi connectivity index (χ0v) is 19.2. The Hall–Kier alpha value is -4.04. The Bertz CT molecular complexity index is 1440. The molecule has 0 saturated carbocycles. The first-order valence-corrected chi connectivity index (χ1v) is 11.5. The second kappa shape index (κ2) is 10.5. The lowest BCUT2D eigenvalue weighted by molar-refractivity contribution is -0.137. The SMILES string of the molecule is Nc1nccc(-c2cccnc2Oc2cc(F)c(N[S+]([O-])Cc3cccc(C(F)(F)F)c3)c(F)c2F)n1. The van der Waals surface area contributed by atoms with Crippen LogP contribution >= 0.6 is 0 Å². The maximum atomic E-state index is 14.8. The van der Waals surface area contributed by atoms with Gasteiger partial charge in [0.25, 0.3) is 0 Å². The summed E-state index contributed by atoms with van der Waals surface area (Å²) >= 11 is -2.30. The molecule has 0 amide bonds. The summed E-state index contributed by atoms with van der Waals surface area (Å²) in [6, 6.07) is 8.92.